The van der Waals surface area contributed by atoms with Crippen LogP contribution in [0.2, 0.25) is 0 Å². The van der Waals surface area contributed by atoms with Gasteiger partial charge in [0.1, 0.15) is 41.1 Å². The van der Waals surface area contributed by atoms with Crippen LogP contribution in [0.5, 0.6) is 28.7 Å². The number of aliphatic carboxylic acids is 1. The Morgan fingerprint density at radius 1 is 0.882 bits per heavy atom. The minimum atomic E-state index is -1.95. The van der Waals surface area contributed by atoms with E-state index >= 15 is 0 Å². The van der Waals surface area contributed by atoms with Gasteiger partial charge in [-0.3, -0.25) is 9.59 Å². The van der Waals surface area contributed by atoms with E-state index in [1.807, 2.05) is 0 Å². The molecule has 0 aliphatic carbocycles. The van der Waals surface area contributed by atoms with Gasteiger partial charge in [-0.15, -0.1) is 0 Å². The Labute approximate surface area is 189 Å². The monoisotopic (exact) mass is 478 g/mol. The zero-order valence-corrected chi connectivity index (χ0v) is 16.9. The summed E-state index contributed by atoms with van der Waals surface area (Å²) in [5.74, 6) is -6.20. The Morgan fingerprint density at radius 3 is 2.24 bits per heavy atom. The highest BCUT2D eigenvalue weighted by Gasteiger charge is 2.48. The predicted molar refractivity (Wildman–Crippen MR) is 106 cm³/mol. The molecule has 2 heterocycles. The Kier molecular flexibility index (Phi) is 5.79. The van der Waals surface area contributed by atoms with Gasteiger partial charge in [0.2, 0.25) is 17.9 Å². The standard InChI is InChI=1S/C21H18O13/c22-8-2-1-6(3-9(8)23)18-15(27)13(25)12-10(24)4-7(5-11(12)33-18)32-21-17(29)14(26)16(28)19(34-21)20(30)31/h1-5,14,16-19,21-24,26,28-29H,(H,30,31). The van der Waals surface area contributed by atoms with Crippen molar-refractivity contribution < 1.29 is 64.3 Å². The molecule has 0 spiro atoms. The van der Waals surface area contributed by atoms with E-state index in [0.29, 0.717) is 0 Å². The quantitative estimate of drug-likeness (QED) is 0.206. The lowest BCUT2D eigenvalue weighted by Gasteiger charge is -2.38. The molecule has 180 valence electrons. The van der Waals surface area contributed by atoms with Crippen LogP contribution in [0.3, 0.4) is 0 Å². The van der Waals surface area contributed by atoms with E-state index < -0.39 is 77.2 Å². The van der Waals surface area contributed by atoms with Crippen molar-refractivity contribution in [3.05, 3.63) is 41.5 Å². The highest BCUT2D eigenvalue weighted by molar-refractivity contribution is 6.47. The van der Waals surface area contributed by atoms with E-state index in [4.69, 9.17) is 19.3 Å². The van der Waals surface area contributed by atoms with Crippen molar-refractivity contribution in [1.82, 2.24) is 0 Å². The third-order valence-electron chi connectivity index (χ3n) is 5.36. The molecule has 6 unspecified atom stereocenters. The topological polar surface area (TPSA) is 221 Å². The van der Waals surface area contributed by atoms with Gasteiger partial charge in [-0.05, 0) is 12.1 Å². The van der Waals surface area contributed by atoms with Crippen molar-refractivity contribution in [2.24, 2.45) is 0 Å². The molecule has 7 N–H and O–H groups in total. The number of hydrogen-bond acceptors (Lipinski definition) is 12. The number of carbonyl (C=O) groups is 3. The first kappa shape index (κ1) is 23.3. The maximum Gasteiger partial charge on any atom is 0.335 e. The second-order valence-electron chi connectivity index (χ2n) is 7.61. The fraction of sp³-hybridized carbons (Fsp3) is 0.286. The van der Waals surface area contributed by atoms with E-state index in [9.17, 15) is 45.0 Å². The fourth-order valence-corrected chi connectivity index (χ4v) is 3.59. The summed E-state index contributed by atoms with van der Waals surface area (Å²) in [4.78, 5) is 36.4. The average Bonchev–Trinajstić information content (AvgIpc) is 2.78. The Morgan fingerprint density at radius 2 is 1.59 bits per heavy atom. The molecule has 2 aromatic rings. The third-order valence-corrected chi connectivity index (χ3v) is 5.36. The summed E-state index contributed by atoms with van der Waals surface area (Å²) in [7, 11) is 0. The van der Waals surface area contributed by atoms with E-state index in [2.05, 4.69) is 0 Å². The van der Waals surface area contributed by atoms with E-state index in [1.165, 1.54) is 6.07 Å². The van der Waals surface area contributed by atoms with Gasteiger partial charge in [-0.1, -0.05) is 6.07 Å². The first-order chi connectivity index (χ1) is 16.0. The first-order valence-electron chi connectivity index (χ1n) is 9.72. The molecule has 0 aromatic heterocycles. The van der Waals surface area contributed by atoms with Crippen LogP contribution in [0.25, 0.3) is 0 Å². The van der Waals surface area contributed by atoms with Gasteiger partial charge in [0.05, 0.1) is 0 Å². The van der Waals surface area contributed by atoms with Crippen LogP contribution in [0.15, 0.2) is 30.3 Å². The van der Waals surface area contributed by atoms with Crippen molar-refractivity contribution in [2.75, 3.05) is 0 Å². The van der Waals surface area contributed by atoms with Crippen LogP contribution in [-0.2, 0) is 14.3 Å². The smallest absolute Gasteiger partial charge is 0.335 e. The summed E-state index contributed by atoms with van der Waals surface area (Å²) >= 11 is 0. The number of fused-ring (bicyclic) bond motifs is 1. The zero-order valence-electron chi connectivity index (χ0n) is 16.9. The lowest BCUT2D eigenvalue weighted by Crippen LogP contribution is -2.61. The Bertz CT molecular complexity index is 1180. The van der Waals surface area contributed by atoms with Crippen LogP contribution in [0, 0.1) is 0 Å². The van der Waals surface area contributed by atoms with Crippen LogP contribution < -0.4 is 9.47 Å². The molecule has 13 nitrogen and oxygen atoms in total. The number of Topliss-reactive ketones (excluding diaryl/α,β-unsaturated/α-hetero) is 2. The van der Waals surface area contributed by atoms with Crippen LogP contribution in [0.1, 0.15) is 22.0 Å². The summed E-state index contributed by atoms with van der Waals surface area (Å²) in [6.45, 7) is 0. The Hall–Kier alpha value is -3.91. The largest absolute Gasteiger partial charge is 0.507 e. The van der Waals surface area contributed by atoms with Crippen LogP contribution in [-0.4, -0.2) is 84.0 Å². The lowest BCUT2D eigenvalue weighted by molar-refractivity contribution is -0.271. The molecule has 0 amide bonds. The maximum atomic E-state index is 12.6. The summed E-state index contributed by atoms with van der Waals surface area (Å²) in [5, 5.41) is 68.4. The van der Waals surface area contributed by atoms with Gasteiger partial charge in [0.15, 0.2) is 23.7 Å². The molecule has 2 aromatic carbocycles. The maximum absolute atomic E-state index is 12.6. The number of carboxylic acids is 1. The molecule has 2 aliphatic heterocycles. The summed E-state index contributed by atoms with van der Waals surface area (Å²) in [5.41, 5.74) is -0.460. The molecule has 2 aliphatic rings. The number of aromatic hydroxyl groups is 3. The molecule has 1 fully saturated rings. The van der Waals surface area contributed by atoms with Crippen molar-refractivity contribution in [3.8, 4) is 28.7 Å². The predicted octanol–water partition coefficient (Wildman–Crippen LogP) is -1.04. The number of phenols is 3. The number of ketones is 2. The second-order valence-corrected chi connectivity index (χ2v) is 7.61. The number of rotatable bonds is 4. The van der Waals surface area contributed by atoms with Crippen LogP contribution >= 0.6 is 0 Å². The number of carboxylic acid groups (broad SMARTS) is 1. The average molecular weight is 478 g/mol. The van der Waals surface area contributed by atoms with Crippen molar-refractivity contribution in [3.63, 3.8) is 0 Å². The molecule has 1 saturated heterocycles. The van der Waals surface area contributed by atoms with Crippen molar-refractivity contribution in [1.29, 1.82) is 0 Å². The van der Waals surface area contributed by atoms with E-state index in [-0.39, 0.29) is 17.1 Å². The highest BCUT2D eigenvalue weighted by Crippen LogP contribution is 2.42. The molecule has 13 heteroatoms. The Balaban J connectivity index is 1.65. The lowest BCUT2D eigenvalue weighted by atomic mass is 9.94. The summed E-state index contributed by atoms with van der Waals surface area (Å²) in [6, 6.07) is 5.26. The van der Waals surface area contributed by atoms with Crippen molar-refractivity contribution >= 4 is 17.5 Å². The highest BCUT2D eigenvalue weighted by atomic mass is 16.7. The number of benzene rings is 2. The molecule has 6 atom stereocenters. The fourth-order valence-electron chi connectivity index (χ4n) is 3.59. The van der Waals surface area contributed by atoms with Gasteiger partial charge in [0, 0.05) is 17.7 Å². The van der Waals surface area contributed by atoms with Crippen molar-refractivity contribution in [2.45, 2.75) is 36.8 Å². The molecule has 0 bridgehead atoms. The SMILES string of the molecule is O=C1C(=O)C(c2ccc(O)c(O)c2)Oc2cc(OC3OC(C(=O)O)C(O)C(O)C3O)cc(O)c21. The van der Waals surface area contributed by atoms with Crippen LogP contribution in [0.4, 0.5) is 0 Å². The number of carbonyl (C=O) groups excluding carboxylic acids is 2. The minimum Gasteiger partial charge on any atom is -0.507 e. The molecular weight excluding hydrogens is 460 g/mol. The third kappa shape index (κ3) is 3.86. The number of aliphatic hydroxyl groups excluding tert-OH is 3. The van der Waals surface area contributed by atoms with E-state index in [0.717, 1.165) is 24.3 Å². The molecule has 0 radical (unpaired) electrons. The number of aliphatic hydroxyl groups is 3. The number of hydrogen-bond donors (Lipinski definition) is 7. The van der Waals surface area contributed by atoms with Gasteiger partial charge < -0.3 is 50.0 Å². The number of phenolic OH excluding ortho intramolecular Hbond substituents is 3. The second kappa shape index (κ2) is 8.46. The molecule has 34 heavy (non-hydrogen) atoms. The summed E-state index contributed by atoms with van der Waals surface area (Å²) < 4.78 is 15.9. The van der Waals surface area contributed by atoms with Gasteiger partial charge in [-0.25, -0.2) is 4.79 Å². The molecule has 0 saturated carbocycles. The molecule has 4 rings (SSSR count). The van der Waals surface area contributed by atoms with Gasteiger partial charge in [-0.2, -0.15) is 0 Å². The molecular formula is C21H18O13. The normalized spacial score (nSPS) is 28.7. The zero-order chi connectivity index (χ0) is 24.9. The van der Waals surface area contributed by atoms with E-state index in [1.54, 1.807) is 0 Å². The summed E-state index contributed by atoms with van der Waals surface area (Å²) in [6.07, 6.45) is -11.0. The van der Waals surface area contributed by atoms with Gasteiger partial charge >= 0.3 is 5.97 Å². The minimum absolute atomic E-state index is 0.0255. The number of ether oxygens (including phenoxy) is 3. The van der Waals surface area contributed by atoms with Gasteiger partial charge in [0.25, 0.3) is 0 Å². The first-order valence-corrected chi connectivity index (χ1v) is 9.72.